The maximum Gasteiger partial charge on any atom is 0.417 e. The van der Waals surface area contributed by atoms with Crippen LogP contribution in [0.1, 0.15) is 102 Å². The summed E-state index contributed by atoms with van der Waals surface area (Å²) in [7, 11) is 1.99. The van der Waals surface area contributed by atoms with Crippen LogP contribution in [0.5, 0.6) is 5.75 Å². The first kappa shape index (κ1) is 53.4. The molecule has 4 rings (SSSR count). The van der Waals surface area contributed by atoms with Gasteiger partial charge in [0.1, 0.15) is 37.6 Å². The van der Waals surface area contributed by atoms with Crippen LogP contribution in [0.2, 0.25) is 0 Å². The summed E-state index contributed by atoms with van der Waals surface area (Å²) in [6.07, 6.45) is 14.0. The summed E-state index contributed by atoms with van der Waals surface area (Å²) in [5.41, 5.74) is 5.61. The number of benzene rings is 3. The Bertz CT molecular complexity index is 2150. The third kappa shape index (κ3) is 16.9. The van der Waals surface area contributed by atoms with E-state index in [1.807, 2.05) is 19.1 Å². The zero-order chi connectivity index (χ0) is 48.9. The Labute approximate surface area is 395 Å². The van der Waals surface area contributed by atoms with Crippen LogP contribution in [0.4, 0.5) is 0 Å². The van der Waals surface area contributed by atoms with E-state index in [0.717, 1.165) is 60.3 Å². The Morgan fingerprint density at radius 2 is 1.07 bits per heavy atom. The summed E-state index contributed by atoms with van der Waals surface area (Å²) >= 11 is 0. The maximum atomic E-state index is 12.6. The van der Waals surface area contributed by atoms with Crippen LogP contribution >= 0.6 is 0 Å². The average Bonchev–Trinajstić information content (AvgIpc) is 3.34. The number of hydrogen-bond acceptors (Lipinski definition) is 13. The largest absolute Gasteiger partial charge is 0.492 e. The lowest BCUT2D eigenvalue weighted by Crippen LogP contribution is -2.45. The molecular formula is C54H68O13. The zero-order valence-corrected chi connectivity index (χ0v) is 40.2. The van der Waals surface area contributed by atoms with E-state index in [9.17, 15) is 28.8 Å². The van der Waals surface area contributed by atoms with Crippen molar-refractivity contribution in [2.24, 2.45) is 17.3 Å². The van der Waals surface area contributed by atoms with Gasteiger partial charge in [0.15, 0.2) is 0 Å². The first-order valence-corrected chi connectivity index (χ1v) is 23.2. The van der Waals surface area contributed by atoms with E-state index < -0.39 is 67.7 Å². The van der Waals surface area contributed by atoms with E-state index in [4.69, 9.17) is 23.7 Å². The Hall–Kier alpha value is -6.24. The molecule has 13 nitrogen and oxygen atoms in total. The SMILES string of the molecule is C=C(C)C(=O)OCCCc1cc(-c2ccc(-c3ccc(CCC4CCC(CCCCC)CC4)cc3)cc2)c(C)cc1OCC(COC(=O)C(=C)C)(COC(=O)C(=O)OC)COC(=O)C(=O)OC. The van der Waals surface area contributed by atoms with Gasteiger partial charge >= 0.3 is 35.8 Å². The number of esters is 6. The highest BCUT2D eigenvalue weighted by Crippen LogP contribution is 2.36. The maximum absolute atomic E-state index is 12.6. The number of rotatable bonds is 24. The number of carbonyl (C=O) groups excluding carboxylic acids is 6. The quantitative estimate of drug-likeness (QED) is 0.0274. The van der Waals surface area contributed by atoms with Crippen molar-refractivity contribution >= 4 is 35.8 Å². The van der Waals surface area contributed by atoms with Gasteiger partial charge < -0.3 is 33.2 Å². The molecule has 0 N–H and O–H groups in total. The molecule has 1 saturated carbocycles. The van der Waals surface area contributed by atoms with Crippen molar-refractivity contribution in [3.8, 4) is 28.0 Å². The van der Waals surface area contributed by atoms with Gasteiger partial charge in [0.05, 0.1) is 20.8 Å². The molecule has 0 amide bonds. The number of carbonyl (C=O) groups is 6. The van der Waals surface area contributed by atoms with Crippen LogP contribution in [0.15, 0.2) is 85.0 Å². The standard InChI is InChI=1S/C54H68O13/c1-9-10-11-13-39-15-17-40(18-16-39)19-20-41-21-23-42(24-22-41)43-25-27-44(28-26-43)46-31-45(14-12-29-63-48(55)36(2)3)47(30-38(46)6)64-32-54(33-65-49(56)37(4)5,34-66-52(59)50(57)61-7)35-67-53(60)51(58)62-8/h21-28,30-31,39-40H,2,4,9-20,29,32-35H2,1,3,5-8H3. The van der Waals surface area contributed by atoms with Crippen molar-refractivity contribution in [3.05, 3.63) is 102 Å². The second kappa shape index (κ2) is 26.8. The Kier molecular flexibility index (Phi) is 21.3. The average molecular weight is 925 g/mol. The van der Waals surface area contributed by atoms with Gasteiger partial charge in [-0.15, -0.1) is 0 Å². The van der Waals surface area contributed by atoms with Gasteiger partial charge in [-0.25, -0.2) is 28.8 Å². The fourth-order valence-corrected chi connectivity index (χ4v) is 8.03. The normalized spacial score (nSPS) is 14.5. The van der Waals surface area contributed by atoms with Crippen molar-refractivity contribution in [1.82, 2.24) is 0 Å². The molecule has 3 aromatic carbocycles. The highest BCUT2D eigenvalue weighted by atomic mass is 16.6. The van der Waals surface area contributed by atoms with Crippen molar-refractivity contribution < 1.29 is 61.9 Å². The summed E-state index contributed by atoms with van der Waals surface area (Å²) in [5.74, 6) is -4.58. The molecule has 13 heteroatoms. The molecule has 1 fully saturated rings. The predicted molar refractivity (Wildman–Crippen MR) is 254 cm³/mol. The molecule has 0 aromatic heterocycles. The third-order valence-corrected chi connectivity index (χ3v) is 12.2. The molecular weight excluding hydrogens is 857 g/mol. The summed E-state index contributed by atoms with van der Waals surface area (Å²) in [5, 5.41) is 0. The lowest BCUT2D eigenvalue weighted by Gasteiger charge is -2.32. The molecule has 0 unspecified atom stereocenters. The van der Waals surface area contributed by atoms with Crippen molar-refractivity contribution in [2.75, 3.05) is 47.3 Å². The fourth-order valence-electron chi connectivity index (χ4n) is 8.03. The molecule has 0 radical (unpaired) electrons. The first-order valence-electron chi connectivity index (χ1n) is 23.2. The molecule has 0 aliphatic heterocycles. The minimum atomic E-state index is -1.68. The van der Waals surface area contributed by atoms with Crippen LogP contribution in [0.25, 0.3) is 22.3 Å². The highest BCUT2D eigenvalue weighted by molar-refractivity contribution is 6.30. The Morgan fingerprint density at radius 1 is 0.582 bits per heavy atom. The van der Waals surface area contributed by atoms with E-state index in [0.29, 0.717) is 24.2 Å². The van der Waals surface area contributed by atoms with Crippen molar-refractivity contribution in [2.45, 2.75) is 105 Å². The van der Waals surface area contributed by atoms with Gasteiger partial charge in [-0.3, -0.25) is 0 Å². The second-order valence-electron chi connectivity index (χ2n) is 17.8. The topological polar surface area (TPSA) is 167 Å². The molecule has 362 valence electrons. The lowest BCUT2D eigenvalue weighted by atomic mass is 9.78. The van der Waals surface area contributed by atoms with E-state index in [-0.39, 0.29) is 17.8 Å². The van der Waals surface area contributed by atoms with Crippen molar-refractivity contribution in [1.29, 1.82) is 0 Å². The molecule has 0 bridgehead atoms. The zero-order valence-electron chi connectivity index (χ0n) is 40.2. The summed E-state index contributed by atoms with van der Waals surface area (Å²) in [6.45, 7) is 12.1. The minimum absolute atomic E-state index is 0.0469. The van der Waals surface area contributed by atoms with Gasteiger partial charge in [0, 0.05) is 11.1 Å². The molecule has 3 aromatic rings. The number of unbranched alkanes of at least 4 members (excludes halogenated alkanes) is 2. The lowest BCUT2D eigenvalue weighted by molar-refractivity contribution is -0.177. The molecule has 1 aliphatic carbocycles. The highest BCUT2D eigenvalue weighted by Gasteiger charge is 2.39. The monoisotopic (exact) mass is 924 g/mol. The third-order valence-electron chi connectivity index (χ3n) is 12.2. The van der Waals surface area contributed by atoms with Gasteiger partial charge in [-0.1, -0.05) is 120 Å². The molecule has 0 heterocycles. The molecule has 1 aliphatic rings. The van der Waals surface area contributed by atoms with Crippen LogP contribution < -0.4 is 4.74 Å². The van der Waals surface area contributed by atoms with Crippen LogP contribution in [-0.2, 0) is 70.0 Å². The smallest absolute Gasteiger partial charge is 0.417 e. The van der Waals surface area contributed by atoms with Crippen molar-refractivity contribution in [3.63, 3.8) is 0 Å². The van der Waals surface area contributed by atoms with E-state index in [2.05, 4.69) is 78.1 Å². The number of methoxy groups -OCH3 is 2. The first-order chi connectivity index (χ1) is 32.1. The van der Waals surface area contributed by atoms with Crippen LogP contribution in [0, 0.1) is 24.2 Å². The molecule has 0 atom stereocenters. The van der Waals surface area contributed by atoms with Gasteiger partial charge in [-0.2, -0.15) is 0 Å². The molecule has 0 saturated heterocycles. The Morgan fingerprint density at radius 3 is 1.60 bits per heavy atom. The summed E-state index contributed by atoms with van der Waals surface area (Å²) < 4.78 is 36.7. The van der Waals surface area contributed by atoms with E-state index in [1.54, 1.807) is 6.92 Å². The van der Waals surface area contributed by atoms with E-state index >= 15 is 0 Å². The van der Waals surface area contributed by atoms with Crippen LogP contribution in [0.3, 0.4) is 0 Å². The predicted octanol–water partition coefficient (Wildman–Crippen LogP) is 9.62. The van der Waals surface area contributed by atoms with Gasteiger partial charge in [0.25, 0.3) is 0 Å². The number of ether oxygens (including phenoxy) is 7. The minimum Gasteiger partial charge on any atom is -0.492 e. The van der Waals surface area contributed by atoms with Gasteiger partial charge in [0.2, 0.25) is 0 Å². The Balaban J connectivity index is 1.57. The number of aryl methyl sites for hydroxylation is 3. The fraction of sp³-hybridized carbons (Fsp3) is 0.481. The second-order valence-corrected chi connectivity index (χ2v) is 17.8. The number of hydrogen-bond donors (Lipinski definition) is 0. The van der Waals surface area contributed by atoms with Gasteiger partial charge in [-0.05, 0) is 109 Å². The molecule has 0 spiro atoms. The molecule has 67 heavy (non-hydrogen) atoms. The summed E-state index contributed by atoms with van der Waals surface area (Å²) in [6, 6.07) is 21.0. The van der Waals surface area contributed by atoms with Crippen LogP contribution in [-0.4, -0.2) is 83.1 Å². The van der Waals surface area contributed by atoms with E-state index in [1.165, 1.54) is 70.3 Å². The summed E-state index contributed by atoms with van der Waals surface area (Å²) in [4.78, 5) is 73.7.